The second-order valence-electron chi connectivity index (χ2n) is 5.98. The summed E-state index contributed by atoms with van der Waals surface area (Å²) in [6, 6.07) is 10.6. The van der Waals surface area contributed by atoms with Gasteiger partial charge in [0.15, 0.2) is 0 Å². The van der Waals surface area contributed by atoms with Gasteiger partial charge in [0.2, 0.25) is 5.91 Å². The highest BCUT2D eigenvalue weighted by Gasteiger charge is 2.24. The van der Waals surface area contributed by atoms with Gasteiger partial charge in [-0.05, 0) is 31.9 Å². The van der Waals surface area contributed by atoms with E-state index in [2.05, 4.69) is 34.8 Å². The van der Waals surface area contributed by atoms with Crippen molar-refractivity contribution in [2.75, 3.05) is 11.9 Å². The molecule has 1 aliphatic rings. The molecule has 0 saturated carbocycles. The minimum atomic E-state index is 0. The van der Waals surface area contributed by atoms with Crippen molar-refractivity contribution < 1.29 is 4.79 Å². The van der Waals surface area contributed by atoms with Gasteiger partial charge in [-0.25, -0.2) is 0 Å². The van der Waals surface area contributed by atoms with E-state index in [0.717, 1.165) is 25.1 Å². The molecular formula is C17H23ClN4O. The molecule has 0 aliphatic carbocycles. The van der Waals surface area contributed by atoms with Crippen molar-refractivity contribution in [1.29, 1.82) is 0 Å². The number of carbonyl (C=O) groups excluding carboxylic acids is 1. The van der Waals surface area contributed by atoms with Crippen LogP contribution in [0.1, 0.15) is 25.3 Å². The molecule has 0 unspecified atom stereocenters. The predicted octanol–water partition coefficient (Wildman–Crippen LogP) is 2.68. The van der Waals surface area contributed by atoms with Gasteiger partial charge < -0.3 is 10.6 Å². The number of nitrogens with zero attached hydrogens (tertiary/aromatic N) is 2. The number of nitrogens with one attached hydrogen (secondary N) is 2. The van der Waals surface area contributed by atoms with Crippen LogP contribution in [0.4, 0.5) is 5.69 Å². The molecule has 2 heterocycles. The van der Waals surface area contributed by atoms with Crippen LogP contribution in [0.5, 0.6) is 0 Å². The first kappa shape index (κ1) is 17.5. The summed E-state index contributed by atoms with van der Waals surface area (Å²) in [4.78, 5) is 12.3. The van der Waals surface area contributed by atoms with Crippen molar-refractivity contribution in [3.63, 3.8) is 0 Å². The fraction of sp³-hybridized carbons (Fsp3) is 0.412. The maximum absolute atomic E-state index is 12.3. The molecule has 5 nitrogen and oxygen atoms in total. The normalized spacial score (nSPS) is 20.6. The van der Waals surface area contributed by atoms with Crippen molar-refractivity contribution in [2.24, 2.45) is 5.92 Å². The molecule has 23 heavy (non-hydrogen) atoms. The van der Waals surface area contributed by atoms with E-state index in [4.69, 9.17) is 0 Å². The van der Waals surface area contributed by atoms with Gasteiger partial charge in [-0.1, -0.05) is 30.3 Å². The third kappa shape index (κ3) is 4.81. The van der Waals surface area contributed by atoms with Gasteiger partial charge in [-0.2, -0.15) is 5.10 Å². The third-order valence-corrected chi connectivity index (χ3v) is 4.08. The van der Waals surface area contributed by atoms with Gasteiger partial charge in [0, 0.05) is 18.2 Å². The molecule has 2 atom stereocenters. The van der Waals surface area contributed by atoms with E-state index in [1.807, 2.05) is 29.1 Å². The molecule has 1 amide bonds. The van der Waals surface area contributed by atoms with Gasteiger partial charge in [0.25, 0.3) is 0 Å². The molecule has 2 aromatic rings. The first-order valence-electron chi connectivity index (χ1n) is 7.81. The Kier molecular flexibility index (Phi) is 6.19. The van der Waals surface area contributed by atoms with Crippen molar-refractivity contribution in [1.82, 2.24) is 15.1 Å². The Morgan fingerprint density at radius 3 is 2.91 bits per heavy atom. The number of aromatic nitrogens is 2. The van der Waals surface area contributed by atoms with E-state index in [1.54, 1.807) is 6.20 Å². The molecule has 2 N–H and O–H groups in total. The molecule has 6 heteroatoms. The summed E-state index contributed by atoms with van der Waals surface area (Å²) < 4.78 is 1.84. The number of hydrogen-bond acceptors (Lipinski definition) is 3. The lowest BCUT2D eigenvalue weighted by Gasteiger charge is -2.26. The van der Waals surface area contributed by atoms with Gasteiger partial charge in [-0.3, -0.25) is 9.48 Å². The topological polar surface area (TPSA) is 59.0 Å². The van der Waals surface area contributed by atoms with Crippen LogP contribution in [0, 0.1) is 5.92 Å². The molecule has 1 aromatic carbocycles. The summed E-state index contributed by atoms with van der Waals surface area (Å²) >= 11 is 0. The van der Waals surface area contributed by atoms with E-state index >= 15 is 0 Å². The lowest BCUT2D eigenvalue weighted by atomic mass is 9.92. The van der Waals surface area contributed by atoms with Gasteiger partial charge in [0.05, 0.1) is 18.4 Å². The van der Waals surface area contributed by atoms with Crippen LogP contribution in [0.25, 0.3) is 0 Å². The fourth-order valence-corrected chi connectivity index (χ4v) is 2.90. The molecule has 1 saturated heterocycles. The van der Waals surface area contributed by atoms with Crippen LogP contribution in [-0.2, 0) is 11.3 Å². The monoisotopic (exact) mass is 334 g/mol. The second kappa shape index (κ2) is 8.13. The zero-order chi connectivity index (χ0) is 15.4. The number of rotatable bonds is 4. The second-order valence-corrected chi connectivity index (χ2v) is 5.98. The van der Waals surface area contributed by atoms with Gasteiger partial charge in [0.1, 0.15) is 0 Å². The lowest BCUT2D eigenvalue weighted by Crippen LogP contribution is -2.40. The Labute approximate surface area is 142 Å². The summed E-state index contributed by atoms with van der Waals surface area (Å²) in [5.74, 6) is 0.196. The zero-order valence-electron chi connectivity index (χ0n) is 13.2. The van der Waals surface area contributed by atoms with E-state index in [1.165, 1.54) is 5.56 Å². The highest BCUT2D eigenvalue weighted by molar-refractivity contribution is 5.92. The van der Waals surface area contributed by atoms with Gasteiger partial charge in [-0.15, -0.1) is 12.4 Å². The molecule has 124 valence electrons. The quantitative estimate of drug-likeness (QED) is 0.903. The predicted molar refractivity (Wildman–Crippen MR) is 93.8 cm³/mol. The van der Waals surface area contributed by atoms with Crippen LogP contribution < -0.4 is 10.6 Å². The minimum Gasteiger partial charge on any atom is -0.323 e. The maximum Gasteiger partial charge on any atom is 0.227 e. The summed E-state index contributed by atoms with van der Waals surface area (Å²) in [7, 11) is 0. The first-order chi connectivity index (χ1) is 10.7. The standard InChI is InChI=1S/C17H22N4O.ClH/c1-13-9-15(7-8-18-13)17(22)20-16-10-19-21(12-16)11-14-5-3-2-4-6-14;/h2-6,10,12-13,15,18H,7-9,11H2,1H3,(H,20,22);1H/t13-,15-;/m0./s1. The Balaban J connectivity index is 0.00000192. The highest BCUT2D eigenvalue weighted by Crippen LogP contribution is 2.18. The summed E-state index contributed by atoms with van der Waals surface area (Å²) in [6.45, 7) is 3.74. The third-order valence-electron chi connectivity index (χ3n) is 4.08. The molecule has 1 aromatic heterocycles. The van der Waals surface area contributed by atoms with E-state index in [9.17, 15) is 4.79 Å². The van der Waals surface area contributed by atoms with Gasteiger partial charge >= 0.3 is 0 Å². The van der Waals surface area contributed by atoms with Crippen molar-refractivity contribution in [2.45, 2.75) is 32.4 Å². The maximum atomic E-state index is 12.3. The Hall–Kier alpha value is -1.85. The molecule has 1 aliphatic heterocycles. The van der Waals surface area contributed by atoms with Crippen LogP contribution in [0.2, 0.25) is 0 Å². The number of piperidine rings is 1. The number of halogens is 1. The molecule has 1 fully saturated rings. The molecule has 0 spiro atoms. The van der Waals surface area contributed by atoms with Crippen LogP contribution in [0.3, 0.4) is 0 Å². The van der Waals surface area contributed by atoms with E-state index in [-0.39, 0.29) is 24.2 Å². The Morgan fingerprint density at radius 2 is 2.17 bits per heavy atom. The Morgan fingerprint density at radius 1 is 1.39 bits per heavy atom. The average Bonchev–Trinajstić information content (AvgIpc) is 2.95. The molecule has 3 rings (SSSR count). The summed E-state index contributed by atoms with van der Waals surface area (Å²) in [6.07, 6.45) is 5.39. The van der Waals surface area contributed by atoms with Crippen molar-refractivity contribution in [3.05, 3.63) is 48.3 Å². The van der Waals surface area contributed by atoms with Crippen molar-refractivity contribution in [3.8, 4) is 0 Å². The molecule has 0 bridgehead atoms. The smallest absolute Gasteiger partial charge is 0.227 e. The van der Waals surface area contributed by atoms with E-state index < -0.39 is 0 Å². The summed E-state index contributed by atoms with van der Waals surface area (Å²) in [5, 5.41) is 10.7. The number of carbonyl (C=O) groups is 1. The lowest BCUT2D eigenvalue weighted by molar-refractivity contribution is -0.120. The largest absolute Gasteiger partial charge is 0.323 e. The number of anilines is 1. The van der Waals surface area contributed by atoms with Crippen LogP contribution in [-0.4, -0.2) is 28.3 Å². The van der Waals surface area contributed by atoms with Crippen LogP contribution >= 0.6 is 12.4 Å². The SMILES string of the molecule is C[C@H]1C[C@@H](C(=O)Nc2cnn(Cc3ccccc3)c2)CCN1.Cl. The zero-order valence-corrected chi connectivity index (χ0v) is 14.1. The number of hydrogen-bond donors (Lipinski definition) is 2. The number of benzene rings is 1. The minimum absolute atomic E-state index is 0. The number of amides is 1. The van der Waals surface area contributed by atoms with Crippen LogP contribution in [0.15, 0.2) is 42.7 Å². The first-order valence-corrected chi connectivity index (χ1v) is 7.81. The highest BCUT2D eigenvalue weighted by atomic mass is 35.5. The molecular weight excluding hydrogens is 312 g/mol. The van der Waals surface area contributed by atoms with E-state index in [0.29, 0.717) is 12.6 Å². The Bertz CT molecular complexity index is 629. The summed E-state index contributed by atoms with van der Waals surface area (Å²) in [5.41, 5.74) is 1.96. The fourth-order valence-electron chi connectivity index (χ4n) is 2.90. The average molecular weight is 335 g/mol. The molecule has 0 radical (unpaired) electrons. The van der Waals surface area contributed by atoms with Crippen molar-refractivity contribution >= 4 is 24.0 Å².